The Bertz CT molecular complexity index is 1320. The zero-order valence-electron chi connectivity index (χ0n) is 41.1. The molecule has 0 radical (unpaired) electrons. The van der Waals surface area contributed by atoms with Crippen molar-refractivity contribution in [2.24, 2.45) is 0 Å². The van der Waals surface area contributed by atoms with E-state index in [1.807, 2.05) is 12.1 Å². The predicted octanol–water partition coefficient (Wildman–Crippen LogP) is 11.1. The topological polar surface area (TPSA) is 151 Å². The number of rotatable bonds is 40. The summed E-state index contributed by atoms with van der Waals surface area (Å²) in [7, 11) is 0. The summed E-state index contributed by atoms with van der Waals surface area (Å²) in [5.41, 5.74) is 2.49. The number of aliphatic carboxylic acids is 2. The van der Waals surface area contributed by atoms with E-state index < -0.39 is 36.1 Å². The number of unbranched alkanes of at least 4 members (excludes halogenated alkanes) is 18. The Kier molecular flexibility index (Phi) is 42.8. The van der Waals surface area contributed by atoms with Gasteiger partial charge in [0.05, 0.1) is 37.4 Å². The molecule has 0 bridgehead atoms. The van der Waals surface area contributed by atoms with Crippen molar-refractivity contribution in [1.82, 2.24) is 0 Å². The molecule has 0 amide bonds. The molecule has 0 spiro atoms. The van der Waals surface area contributed by atoms with Gasteiger partial charge in [0.25, 0.3) is 0 Å². The van der Waals surface area contributed by atoms with Gasteiger partial charge >= 0.3 is 60.8 Å². The average molecular weight is 1030 g/mol. The zero-order valence-corrected chi connectivity index (χ0v) is 45.5. The fraction of sp³-hybridized carbons (Fsp3) is 0.704. The number of hydrogen-bond donors (Lipinski definition) is 0. The number of carbonyl (C=O) groups is 4. The van der Waals surface area contributed by atoms with Gasteiger partial charge < -0.3 is 38.7 Å². The number of esters is 2. The van der Waals surface area contributed by atoms with Gasteiger partial charge in [-0.05, 0) is 62.5 Å². The minimum absolute atomic E-state index is 0. The van der Waals surface area contributed by atoms with E-state index in [-0.39, 0.29) is 48.9 Å². The van der Waals surface area contributed by atoms with Gasteiger partial charge in [-0.15, -0.1) is 0 Å². The van der Waals surface area contributed by atoms with Crippen molar-refractivity contribution < 1.29 is 48.3 Å². The molecular formula is C54H86BaO10. The number of carboxylic acid groups (broad SMARTS) is 2. The van der Waals surface area contributed by atoms with Crippen molar-refractivity contribution >= 4 is 72.8 Å². The second-order valence-electron chi connectivity index (χ2n) is 17.5. The van der Waals surface area contributed by atoms with Crippen LogP contribution in [0.25, 0.3) is 0 Å². The van der Waals surface area contributed by atoms with E-state index in [1.165, 1.54) is 115 Å². The van der Waals surface area contributed by atoms with E-state index in [4.69, 9.17) is 18.9 Å². The van der Waals surface area contributed by atoms with E-state index >= 15 is 0 Å². The molecular weight excluding hydrogens is 946 g/mol. The molecule has 2 aromatic rings. The molecule has 0 aliphatic rings. The van der Waals surface area contributed by atoms with Crippen LogP contribution in [-0.4, -0.2) is 97.2 Å². The summed E-state index contributed by atoms with van der Waals surface area (Å²) in [6.45, 7) is 8.31. The van der Waals surface area contributed by atoms with Gasteiger partial charge in [0.2, 0.25) is 0 Å². The summed E-state index contributed by atoms with van der Waals surface area (Å²) >= 11 is 0. The molecule has 0 aromatic heterocycles. The van der Waals surface area contributed by atoms with Crippen molar-refractivity contribution in [2.75, 3.05) is 0 Å². The quantitative estimate of drug-likeness (QED) is 0.0358. The van der Waals surface area contributed by atoms with Crippen molar-refractivity contribution in [3.8, 4) is 0 Å². The van der Waals surface area contributed by atoms with Gasteiger partial charge in [-0.1, -0.05) is 203 Å². The van der Waals surface area contributed by atoms with E-state index in [2.05, 4.69) is 62.4 Å². The Morgan fingerprint density at radius 3 is 0.923 bits per heavy atom. The smallest absolute Gasteiger partial charge is 0.546 e. The fourth-order valence-electron chi connectivity index (χ4n) is 7.92. The summed E-state index contributed by atoms with van der Waals surface area (Å²) < 4.78 is 21.8. The SMILES string of the molecule is CCCC(CCCCCCCCCCCCC(OC(C)=O)C(=O)[O-])OCc1ccccc1.CCCC(CCCCCCCCCCCCC(OC(C)=O)C(=O)[O-])OCc1ccccc1.[Ba+2]. The molecule has 11 heteroatoms. The molecule has 2 rings (SSSR count). The molecule has 0 N–H and O–H groups in total. The van der Waals surface area contributed by atoms with Gasteiger partial charge in [0, 0.05) is 13.8 Å². The van der Waals surface area contributed by atoms with E-state index in [0.29, 0.717) is 38.3 Å². The zero-order chi connectivity index (χ0) is 46.9. The maximum atomic E-state index is 10.9. The third-order valence-electron chi connectivity index (χ3n) is 11.5. The normalized spacial score (nSPS) is 12.7. The second-order valence-corrected chi connectivity index (χ2v) is 17.5. The van der Waals surface area contributed by atoms with Crippen molar-refractivity contribution in [3.63, 3.8) is 0 Å². The predicted molar refractivity (Wildman–Crippen MR) is 258 cm³/mol. The first-order valence-electron chi connectivity index (χ1n) is 25.1. The molecule has 0 heterocycles. The second kappa shape index (κ2) is 44.3. The van der Waals surface area contributed by atoms with Gasteiger partial charge in [0.1, 0.15) is 12.2 Å². The average Bonchev–Trinajstić information content (AvgIpc) is 3.27. The molecule has 2 aromatic carbocycles. The van der Waals surface area contributed by atoms with Crippen LogP contribution in [0.2, 0.25) is 0 Å². The number of benzene rings is 2. The third-order valence-corrected chi connectivity index (χ3v) is 11.5. The molecule has 4 unspecified atom stereocenters. The van der Waals surface area contributed by atoms with Crippen LogP contribution in [0.4, 0.5) is 0 Å². The Morgan fingerprint density at radius 2 is 0.677 bits per heavy atom. The summed E-state index contributed by atoms with van der Waals surface area (Å²) in [5, 5.41) is 21.8. The maximum absolute atomic E-state index is 10.9. The van der Waals surface area contributed by atoms with Crippen LogP contribution < -0.4 is 10.2 Å². The molecule has 65 heavy (non-hydrogen) atoms. The molecule has 4 atom stereocenters. The van der Waals surface area contributed by atoms with Crippen LogP contribution in [0.15, 0.2) is 60.7 Å². The molecule has 0 saturated carbocycles. The first kappa shape index (κ1) is 62.8. The number of carbonyl (C=O) groups excluding carboxylic acids is 4. The monoisotopic (exact) mass is 1030 g/mol. The van der Waals surface area contributed by atoms with E-state index in [9.17, 15) is 29.4 Å². The van der Waals surface area contributed by atoms with Crippen LogP contribution in [0.5, 0.6) is 0 Å². The Labute approximate surface area is 434 Å². The van der Waals surface area contributed by atoms with Crippen LogP contribution in [-0.2, 0) is 51.3 Å². The van der Waals surface area contributed by atoms with Crippen LogP contribution >= 0.6 is 0 Å². The van der Waals surface area contributed by atoms with E-state index in [1.54, 1.807) is 0 Å². The first-order chi connectivity index (χ1) is 31.0. The largest absolute Gasteiger partial charge is 2.00 e. The summed E-state index contributed by atoms with van der Waals surface area (Å²) in [6.07, 6.45) is 29.2. The molecule has 0 aliphatic heterocycles. The first-order valence-corrected chi connectivity index (χ1v) is 25.1. The molecule has 10 nitrogen and oxygen atoms in total. The van der Waals surface area contributed by atoms with E-state index in [0.717, 1.165) is 77.0 Å². The van der Waals surface area contributed by atoms with Gasteiger partial charge in [-0.25, -0.2) is 0 Å². The molecule has 0 saturated heterocycles. The van der Waals surface area contributed by atoms with Crippen LogP contribution in [0.1, 0.15) is 219 Å². The Morgan fingerprint density at radius 1 is 0.415 bits per heavy atom. The third kappa shape index (κ3) is 38.5. The molecule has 364 valence electrons. The Balaban J connectivity index is 0.00000124. The van der Waals surface area contributed by atoms with Crippen molar-refractivity contribution in [2.45, 2.75) is 245 Å². The molecule has 0 aliphatic carbocycles. The standard InChI is InChI=1S/2C27H44O5.Ba/c2*1-3-17-25(31-22-24-18-13-12-14-19-24)20-15-10-8-6-4-5-7-9-11-16-21-26(27(29)30)32-23(2)28;/h2*12-14,18-19,25-26H,3-11,15-17,20-22H2,1-2H3,(H,29,30);/q;;+2/p-2. The number of hydrogen-bond acceptors (Lipinski definition) is 10. The van der Waals surface area contributed by atoms with Crippen LogP contribution in [0, 0.1) is 0 Å². The minimum Gasteiger partial charge on any atom is -0.546 e. The summed E-state index contributed by atoms with van der Waals surface area (Å²) in [4.78, 5) is 43.6. The van der Waals surface area contributed by atoms with Gasteiger partial charge in [-0.2, -0.15) is 0 Å². The maximum Gasteiger partial charge on any atom is 2.00 e. The minimum atomic E-state index is -1.30. The molecule has 0 fully saturated rings. The summed E-state index contributed by atoms with van der Waals surface area (Å²) in [6, 6.07) is 20.8. The summed E-state index contributed by atoms with van der Waals surface area (Å²) in [5.74, 6) is -3.74. The van der Waals surface area contributed by atoms with Crippen molar-refractivity contribution in [3.05, 3.63) is 71.8 Å². The number of carboxylic acids is 2. The van der Waals surface area contributed by atoms with Gasteiger partial charge in [0.15, 0.2) is 0 Å². The van der Waals surface area contributed by atoms with Crippen LogP contribution in [0.3, 0.4) is 0 Å². The number of ether oxygens (including phenoxy) is 4. The van der Waals surface area contributed by atoms with Gasteiger partial charge in [-0.3, -0.25) is 9.59 Å². The fourth-order valence-corrected chi connectivity index (χ4v) is 7.92. The Hall–Kier alpha value is -2.19. The van der Waals surface area contributed by atoms with Crippen molar-refractivity contribution in [1.29, 1.82) is 0 Å².